The molecule has 1 aromatic heterocycles. The van der Waals surface area contributed by atoms with E-state index >= 15 is 0 Å². The van der Waals surface area contributed by atoms with Crippen LogP contribution in [-0.2, 0) is 26.0 Å². The van der Waals surface area contributed by atoms with E-state index in [1.807, 2.05) is 24.3 Å². The maximum absolute atomic E-state index is 6.22. The molecule has 0 amide bonds. The monoisotopic (exact) mass is 364 g/mol. The van der Waals surface area contributed by atoms with E-state index in [4.69, 9.17) is 13.9 Å². The summed E-state index contributed by atoms with van der Waals surface area (Å²) in [7, 11) is 0. The van der Waals surface area contributed by atoms with Gasteiger partial charge in [0.2, 0.25) is 11.8 Å². The van der Waals surface area contributed by atoms with Crippen LogP contribution in [0.5, 0.6) is 0 Å². The molecule has 0 saturated heterocycles. The number of hydrogen-bond acceptors (Lipinski definition) is 5. The van der Waals surface area contributed by atoms with Crippen molar-refractivity contribution in [2.75, 3.05) is 26.3 Å². The number of benzene rings is 2. The average Bonchev–Trinajstić information content (AvgIpc) is 3.33. The fourth-order valence-electron chi connectivity index (χ4n) is 3.15. The second kappa shape index (κ2) is 5.95. The van der Waals surface area contributed by atoms with Gasteiger partial charge in [-0.15, -0.1) is 0 Å². The molecule has 3 aromatic rings. The Kier molecular flexibility index (Phi) is 3.77. The molecule has 2 aliphatic rings. The molecule has 0 bridgehead atoms. The summed E-state index contributed by atoms with van der Waals surface area (Å²) in [4.78, 5) is 8.82. The van der Waals surface area contributed by atoms with Gasteiger partial charge in [-0.25, -0.2) is 9.98 Å². The molecule has 2 aliphatic heterocycles. The van der Waals surface area contributed by atoms with Crippen LogP contribution in [0, 0.1) is 0 Å². The Balaban J connectivity index is 0.00000146. The molecule has 0 saturated carbocycles. The smallest absolute Gasteiger partial charge is 0.475 e. The summed E-state index contributed by atoms with van der Waals surface area (Å²) in [6.45, 7) is 2.65. The van der Waals surface area contributed by atoms with Crippen LogP contribution >= 0.6 is 0 Å². The van der Waals surface area contributed by atoms with Crippen LogP contribution in [0.25, 0.3) is 21.9 Å². The largest absolute Gasteiger partial charge is 2.00 e. The first-order valence-corrected chi connectivity index (χ1v) is 7.71. The van der Waals surface area contributed by atoms with Crippen molar-refractivity contribution in [2.24, 2.45) is 9.98 Å². The first-order valence-electron chi connectivity index (χ1n) is 7.71. The van der Waals surface area contributed by atoms with E-state index in [1.54, 1.807) is 0 Å². The number of para-hydroxylation sites is 2. The van der Waals surface area contributed by atoms with Gasteiger partial charge in [0.05, 0.1) is 24.2 Å². The third-order valence-electron chi connectivity index (χ3n) is 4.16. The molecular formula is C18H14N2NiO3+2. The van der Waals surface area contributed by atoms with Gasteiger partial charge in [-0.3, -0.25) is 0 Å². The molecule has 0 N–H and O–H groups in total. The Labute approximate surface area is 148 Å². The normalized spacial score (nSPS) is 16.5. The van der Waals surface area contributed by atoms with Gasteiger partial charge in [0.25, 0.3) is 0 Å². The summed E-state index contributed by atoms with van der Waals surface area (Å²) in [5.74, 6) is 1.32. The molecule has 0 fully saturated rings. The molecule has 2 aromatic carbocycles. The number of hydrogen-bond donors (Lipinski definition) is 0. The van der Waals surface area contributed by atoms with Gasteiger partial charge < -0.3 is 13.9 Å². The number of aliphatic imine (C=N–C) groups is 2. The fraction of sp³-hybridized carbons (Fsp3) is 0.222. The summed E-state index contributed by atoms with van der Waals surface area (Å²) in [5.41, 5.74) is 3.40. The van der Waals surface area contributed by atoms with Crippen molar-refractivity contribution in [3.8, 4) is 0 Å². The van der Waals surface area contributed by atoms with Crippen LogP contribution in [0.15, 0.2) is 50.8 Å². The molecular weight excluding hydrogens is 351 g/mol. The minimum Gasteiger partial charge on any atom is -0.475 e. The zero-order valence-corrected chi connectivity index (χ0v) is 13.7. The van der Waals surface area contributed by atoms with Gasteiger partial charge in [-0.2, -0.15) is 0 Å². The molecule has 122 valence electrons. The van der Waals surface area contributed by atoms with Crippen molar-refractivity contribution >= 4 is 33.7 Å². The molecule has 6 heteroatoms. The second-order valence-electron chi connectivity index (χ2n) is 5.54. The van der Waals surface area contributed by atoms with Crippen LogP contribution in [0.3, 0.4) is 0 Å². The molecule has 24 heavy (non-hydrogen) atoms. The van der Waals surface area contributed by atoms with Crippen molar-refractivity contribution < 1.29 is 30.4 Å². The maximum Gasteiger partial charge on any atom is 2.00 e. The van der Waals surface area contributed by atoms with Crippen LogP contribution in [0.1, 0.15) is 11.1 Å². The summed E-state index contributed by atoms with van der Waals surface area (Å²) < 4.78 is 17.4. The maximum atomic E-state index is 6.22. The molecule has 3 heterocycles. The van der Waals surface area contributed by atoms with Crippen molar-refractivity contribution in [3.05, 3.63) is 47.5 Å². The Bertz CT molecular complexity index is 912. The van der Waals surface area contributed by atoms with Crippen LogP contribution in [0.2, 0.25) is 0 Å². The zero-order chi connectivity index (χ0) is 15.2. The molecule has 0 atom stereocenters. The van der Waals surface area contributed by atoms with E-state index in [0.29, 0.717) is 38.1 Å². The van der Waals surface area contributed by atoms with Crippen LogP contribution < -0.4 is 0 Å². The van der Waals surface area contributed by atoms with Gasteiger partial charge in [0.15, 0.2) is 0 Å². The van der Waals surface area contributed by atoms with Crippen molar-refractivity contribution in [3.63, 3.8) is 0 Å². The molecule has 0 radical (unpaired) electrons. The van der Waals surface area contributed by atoms with Gasteiger partial charge in [0, 0.05) is 10.8 Å². The van der Waals surface area contributed by atoms with Crippen LogP contribution in [-0.4, -0.2) is 38.1 Å². The quantitative estimate of drug-likeness (QED) is 0.656. The predicted octanol–water partition coefficient (Wildman–Crippen LogP) is 3.14. The third-order valence-corrected chi connectivity index (χ3v) is 4.16. The molecule has 0 aliphatic carbocycles. The Hall–Kier alpha value is -2.33. The van der Waals surface area contributed by atoms with Gasteiger partial charge in [-0.1, -0.05) is 24.3 Å². The molecule has 0 spiro atoms. The van der Waals surface area contributed by atoms with E-state index in [9.17, 15) is 0 Å². The Morgan fingerprint density at radius 2 is 1.21 bits per heavy atom. The van der Waals surface area contributed by atoms with Gasteiger partial charge in [0.1, 0.15) is 24.4 Å². The fourth-order valence-corrected chi connectivity index (χ4v) is 3.15. The number of rotatable bonds is 2. The Morgan fingerprint density at radius 3 is 1.62 bits per heavy atom. The summed E-state index contributed by atoms with van der Waals surface area (Å²) in [6, 6.07) is 12.1. The average molecular weight is 365 g/mol. The van der Waals surface area contributed by atoms with E-state index < -0.39 is 0 Å². The van der Waals surface area contributed by atoms with E-state index in [0.717, 1.165) is 33.1 Å². The topological polar surface area (TPSA) is 56.3 Å². The minimum absolute atomic E-state index is 0. The van der Waals surface area contributed by atoms with Gasteiger partial charge >= 0.3 is 16.5 Å². The zero-order valence-electron chi connectivity index (χ0n) is 12.7. The molecule has 0 unspecified atom stereocenters. The van der Waals surface area contributed by atoms with E-state index in [1.165, 1.54) is 0 Å². The van der Waals surface area contributed by atoms with E-state index in [-0.39, 0.29) is 16.5 Å². The summed E-state index contributed by atoms with van der Waals surface area (Å²) >= 11 is 0. The van der Waals surface area contributed by atoms with E-state index in [2.05, 4.69) is 22.1 Å². The van der Waals surface area contributed by atoms with Crippen molar-refractivity contribution in [2.45, 2.75) is 0 Å². The predicted molar refractivity (Wildman–Crippen MR) is 88.4 cm³/mol. The van der Waals surface area contributed by atoms with Crippen molar-refractivity contribution in [1.82, 2.24) is 0 Å². The minimum atomic E-state index is 0. The number of nitrogens with zero attached hydrogens (tertiary/aromatic N) is 2. The van der Waals surface area contributed by atoms with Crippen molar-refractivity contribution in [1.29, 1.82) is 0 Å². The first kappa shape index (κ1) is 15.2. The third kappa shape index (κ3) is 2.21. The SMILES string of the molecule is [Ni+2].c1cc(C2=NCCO2)c2oc3c(C4=NCCO4)cccc3c2c1. The first-order chi connectivity index (χ1) is 11.4. The molecule has 5 nitrogen and oxygen atoms in total. The number of fused-ring (bicyclic) bond motifs is 3. The Morgan fingerprint density at radius 1 is 0.708 bits per heavy atom. The van der Waals surface area contributed by atoms with Crippen LogP contribution in [0.4, 0.5) is 0 Å². The van der Waals surface area contributed by atoms with Gasteiger partial charge in [-0.05, 0) is 12.1 Å². The number of furan rings is 1. The molecule has 5 rings (SSSR count). The second-order valence-corrected chi connectivity index (χ2v) is 5.54. The summed E-state index contributed by atoms with van der Waals surface area (Å²) in [6.07, 6.45) is 0. The number of ether oxygens (including phenoxy) is 2. The summed E-state index contributed by atoms with van der Waals surface area (Å²) in [5, 5.41) is 2.10. The standard InChI is InChI=1S/C18H14N2O3.Ni/c1-3-11-12-4-2-6-14(18-20-8-10-22-18)16(12)23-15(11)13(5-1)17-19-7-9-21-17;/h1-6H,7-10H2;/q;+2.